The van der Waals surface area contributed by atoms with E-state index in [0.717, 1.165) is 18.4 Å². The number of hydrogen-bond donors (Lipinski definition) is 2. The number of pyridine rings is 1. The highest BCUT2D eigenvalue weighted by Gasteiger charge is 2.16. The van der Waals surface area contributed by atoms with Crippen LogP contribution in [0.2, 0.25) is 0 Å². The van der Waals surface area contributed by atoms with Crippen molar-refractivity contribution in [1.82, 2.24) is 25.2 Å². The van der Waals surface area contributed by atoms with E-state index in [-0.39, 0.29) is 12.1 Å². The minimum atomic E-state index is -0.195. The molecule has 1 aliphatic rings. The maximum atomic E-state index is 12.0. The highest BCUT2D eigenvalue weighted by atomic mass is 16.5. The maximum absolute atomic E-state index is 12.0. The molecule has 1 aliphatic carbocycles. The first-order chi connectivity index (χ1) is 12.2. The van der Waals surface area contributed by atoms with Crippen molar-refractivity contribution in [3.8, 4) is 5.88 Å². The van der Waals surface area contributed by atoms with Crippen LogP contribution >= 0.6 is 0 Å². The number of rotatable bonds is 7. The summed E-state index contributed by atoms with van der Waals surface area (Å²) in [5.41, 5.74) is 0.941. The Hall–Kier alpha value is -2.57. The molecule has 3 rings (SSSR count). The van der Waals surface area contributed by atoms with Gasteiger partial charge >= 0.3 is 6.03 Å². The predicted molar refractivity (Wildman–Crippen MR) is 94.2 cm³/mol. The number of nitrogens with one attached hydrogen (secondary N) is 2. The number of carbonyl (C=O) groups excluding carboxylic acids is 1. The van der Waals surface area contributed by atoms with E-state index in [1.54, 1.807) is 18.7 Å². The van der Waals surface area contributed by atoms with E-state index in [1.165, 1.54) is 12.8 Å². The quantitative estimate of drug-likeness (QED) is 0.809. The summed E-state index contributed by atoms with van der Waals surface area (Å²) in [6.45, 7) is 3.07. The van der Waals surface area contributed by atoms with Crippen molar-refractivity contribution in [2.24, 2.45) is 0 Å². The minimum absolute atomic E-state index is 0.00881. The molecule has 7 heteroatoms. The van der Waals surface area contributed by atoms with Crippen LogP contribution in [0.4, 0.5) is 4.79 Å². The Kier molecular flexibility index (Phi) is 5.87. The van der Waals surface area contributed by atoms with Gasteiger partial charge in [-0.2, -0.15) is 0 Å². The summed E-state index contributed by atoms with van der Waals surface area (Å²) in [6.07, 6.45) is 12.1. The van der Waals surface area contributed by atoms with Crippen LogP contribution in [-0.4, -0.2) is 32.7 Å². The van der Waals surface area contributed by atoms with Crippen LogP contribution in [0.15, 0.2) is 37.1 Å². The molecule has 2 aromatic heterocycles. The fourth-order valence-corrected chi connectivity index (χ4v) is 2.98. The number of amides is 2. The van der Waals surface area contributed by atoms with Gasteiger partial charge in [0.05, 0.1) is 6.33 Å². The Labute approximate surface area is 147 Å². The van der Waals surface area contributed by atoms with E-state index >= 15 is 0 Å². The van der Waals surface area contributed by atoms with E-state index in [9.17, 15) is 4.79 Å². The normalized spacial score (nSPS) is 15.7. The van der Waals surface area contributed by atoms with Gasteiger partial charge in [-0.1, -0.05) is 6.07 Å². The van der Waals surface area contributed by atoms with Crippen molar-refractivity contribution < 1.29 is 9.53 Å². The number of ether oxygens (including phenoxy) is 1. The highest BCUT2D eigenvalue weighted by molar-refractivity contribution is 5.74. The predicted octanol–water partition coefficient (Wildman–Crippen LogP) is 2.49. The van der Waals surface area contributed by atoms with Gasteiger partial charge in [0.1, 0.15) is 6.10 Å². The van der Waals surface area contributed by atoms with Crippen molar-refractivity contribution in [2.45, 2.75) is 57.8 Å². The van der Waals surface area contributed by atoms with E-state index < -0.39 is 0 Å². The molecule has 0 aliphatic heterocycles. The van der Waals surface area contributed by atoms with Crippen molar-refractivity contribution in [3.63, 3.8) is 0 Å². The van der Waals surface area contributed by atoms with Gasteiger partial charge in [0.25, 0.3) is 0 Å². The Morgan fingerprint density at radius 1 is 1.40 bits per heavy atom. The zero-order chi connectivity index (χ0) is 17.5. The van der Waals surface area contributed by atoms with Crippen LogP contribution < -0.4 is 15.4 Å². The lowest BCUT2D eigenvalue weighted by atomic mass is 10.3. The fourth-order valence-electron chi connectivity index (χ4n) is 2.98. The molecule has 2 aromatic rings. The molecule has 1 saturated carbocycles. The van der Waals surface area contributed by atoms with Gasteiger partial charge in [-0.15, -0.1) is 0 Å². The number of hydrogen-bond acceptors (Lipinski definition) is 4. The molecule has 0 unspecified atom stereocenters. The summed E-state index contributed by atoms with van der Waals surface area (Å²) in [5, 5.41) is 5.75. The zero-order valence-corrected chi connectivity index (χ0v) is 14.5. The molecule has 0 aromatic carbocycles. The Bertz CT molecular complexity index is 651. The third-order valence-electron chi connectivity index (χ3n) is 4.26. The molecule has 0 spiro atoms. The lowest BCUT2D eigenvalue weighted by Gasteiger charge is -2.15. The monoisotopic (exact) mass is 343 g/mol. The van der Waals surface area contributed by atoms with Crippen LogP contribution in [0.5, 0.6) is 5.88 Å². The van der Waals surface area contributed by atoms with Crippen LogP contribution in [-0.2, 0) is 13.1 Å². The molecule has 7 nitrogen and oxygen atoms in total. The lowest BCUT2D eigenvalue weighted by molar-refractivity contribution is 0.201. The van der Waals surface area contributed by atoms with E-state index in [0.29, 0.717) is 25.1 Å². The van der Waals surface area contributed by atoms with Crippen molar-refractivity contribution in [1.29, 1.82) is 0 Å². The van der Waals surface area contributed by atoms with E-state index in [2.05, 4.69) is 20.6 Å². The molecule has 2 amide bonds. The van der Waals surface area contributed by atoms with Gasteiger partial charge < -0.3 is 19.9 Å². The summed E-state index contributed by atoms with van der Waals surface area (Å²) < 4.78 is 7.77. The molecule has 2 heterocycles. The van der Waals surface area contributed by atoms with Crippen molar-refractivity contribution >= 4 is 6.03 Å². The van der Waals surface area contributed by atoms with Gasteiger partial charge in [-0.05, 0) is 38.2 Å². The van der Waals surface area contributed by atoms with Gasteiger partial charge in [0.15, 0.2) is 0 Å². The van der Waals surface area contributed by atoms with Crippen LogP contribution in [0.3, 0.4) is 0 Å². The van der Waals surface area contributed by atoms with Gasteiger partial charge in [-0.3, -0.25) is 0 Å². The van der Waals surface area contributed by atoms with Crippen molar-refractivity contribution in [2.75, 3.05) is 0 Å². The number of aromatic nitrogens is 3. The fraction of sp³-hybridized carbons (Fsp3) is 0.500. The Morgan fingerprint density at radius 3 is 2.92 bits per heavy atom. The van der Waals surface area contributed by atoms with Crippen LogP contribution in [0.1, 0.15) is 38.2 Å². The van der Waals surface area contributed by atoms with Crippen LogP contribution in [0.25, 0.3) is 0 Å². The van der Waals surface area contributed by atoms with E-state index in [4.69, 9.17) is 4.74 Å². The SMILES string of the molecule is C[C@@H](Cn1ccnc1)NC(=O)NCc1ccc(OC2CCCC2)nc1. The highest BCUT2D eigenvalue weighted by Crippen LogP contribution is 2.22. The first kappa shape index (κ1) is 17.3. The third kappa shape index (κ3) is 5.48. The Balaban J connectivity index is 1.39. The molecule has 25 heavy (non-hydrogen) atoms. The summed E-state index contributed by atoms with van der Waals surface area (Å²) in [5.74, 6) is 0.661. The maximum Gasteiger partial charge on any atom is 0.315 e. The zero-order valence-electron chi connectivity index (χ0n) is 14.5. The summed E-state index contributed by atoms with van der Waals surface area (Å²) in [6, 6.07) is 3.62. The molecule has 134 valence electrons. The summed E-state index contributed by atoms with van der Waals surface area (Å²) in [7, 11) is 0. The van der Waals surface area contributed by atoms with Gasteiger partial charge in [0.2, 0.25) is 5.88 Å². The topological polar surface area (TPSA) is 81.1 Å². The average Bonchev–Trinajstić information content (AvgIpc) is 3.28. The molecular weight excluding hydrogens is 318 g/mol. The summed E-state index contributed by atoms with van der Waals surface area (Å²) in [4.78, 5) is 20.3. The molecule has 1 atom stereocenters. The second-order valence-corrected chi connectivity index (χ2v) is 6.52. The molecular formula is C18H25N5O2. The average molecular weight is 343 g/mol. The van der Waals surface area contributed by atoms with Gasteiger partial charge in [0, 0.05) is 43.8 Å². The standard InChI is InChI=1S/C18H25N5O2/c1-14(12-23-9-8-19-13-23)22-18(24)21-11-15-6-7-17(20-10-15)25-16-4-2-3-5-16/h6-10,13-14,16H,2-5,11-12H2,1H3,(H2,21,22,24)/t14-/m0/s1. The smallest absolute Gasteiger partial charge is 0.315 e. The first-order valence-electron chi connectivity index (χ1n) is 8.81. The Morgan fingerprint density at radius 2 is 2.24 bits per heavy atom. The lowest BCUT2D eigenvalue weighted by Crippen LogP contribution is -2.42. The van der Waals surface area contributed by atoms with Crippen LogP contribution in [0, 0.1) is 0 Å². The molecule has 2 N–H and O–H groups in total. The third-order valence-corrected chi connectivity index (χ3v) is 4.26. The minimum Gasteiger partial charge on any atom is -0.474 e. The molecule has 0 bridgehead atoms. The van der Waals surface area contributed by atoms with Crippen molar-refractivity contribution in [3.05, 3.63) is 42.6 Å². The summed E-state index contributed by atoms with van der Waals surface area (Å²) >= 11 is 0. The number of urea groups is 1. The van der Waals surface area contributed by atoms with Gasteiger partial charge in [-0.25, -0.2) is 14.8 Å². The largest absolute Gasteiger partial charge is 0.474 e. The molecule has 0 radical (unpaired) electrons. The second kappa shape index (κ2) is 8.50. The van der Waals surface area contributed by atoms with E-state index in [1.807, 2.05) is 29.8 Å². The number of carbonyl (C=O) groups is 1. The first-order valence-corrected chi connectivity index (χ1v) is 8.81. The second-order valence-electron chi connectivity index (χ2n) is 6.52. The molecule has 0 saturated heterocycles. The molecule has 1 fully saturated rings. The number of nitrogens with zero attached hydrogens (tertiary/aromatic N) is 3. The number of imidazole rings is 1.